The van der Waals surface area contributed by atoms with Crippen molar-refractivity contribution in [3.8, 4) is 45.4 Å². The lowest BCUT2D eigenvalue weighted by Gasteiger charge is -2.21. The summed E-state index contributed by atoms with van der Waals surface area (Å²) in [6.45, 7) is 2.43. The molecule has 430 valence electrons. The largest absolute Gasteiger partial charge is 0.591 e. The van der Waals surface area contributed by atoms with E-state index in [2.05, 4.69) is 5.32 Å². The van der Waals surface area contributed by atoms with E-state index in [-0.39, 0.29) is 92.6 Å². The summed E-state index contributed by atoms with van der Waals surface area (Å²) < 4.78 is 191. The molecule has 5 heterocycles. The minimum absolute atomic E-state index is 0.0398. The molecule has 0 saturated heterocycles. The lowest BCUT2D eigenvalue weighted by molar-refractivity contribution is -1.14. The molecule has 1 N–H and O–H groups in total. The van der Waals surface area contributed by atoms with Gasteiger partial charge in [-0.2, -0.15) is 26.3 Å². The number of aryl methyl sites for hydroxylation is 2. The summed E-state index contributed by atoms with van der Waals surface area (Å²) in [5, 5.41) is 2.56. The SMILES string of the molecule is COCCOOCCOc1cc[n+]2c(c1)-c1cc(OCCOC(=O)NCCOCCOCCCCCCCl)cc[n+]1C2(c1cc(F)cc(F)c1-c1ccc(C(F)(F)F)c[n+]1C)[n+]1cc(C(F)(F)F)ccc1-c1c(C)cc(F)cc1F. The van der Waals surface area contributed by atoms with Gasteiger partial charge in [-0.05, 0) is 43.5 Å². The number of nitrogens with one attached hydrogen (secondary N) is 1. The Labute approximate surface area is 458 Å². The smallest absolute Gasteiger partial charge is 0.491 e. The molecule has 0 saturated carbocycles. The van der Waals surface area contributed by atoms with Crippen LogP contribution in [0.2, 0.25) is 0 Å². The van der Waals surface area contributed by atoms with Gasteiger partial charge in [0.05, 0.1) is 44.1 Å². The number of methoxy groups -OCH3 is 1. The first-order valence-electron chi connectivity index (χ1n) is 25.2. The summed E-state index contributed by atoms with van der Waals surface area (Å²) in [5.41, 5.74) is -4.77. The number of alkyl carbamates (subject to hydrolysis) is 1. The van der Waals surface area contributed by atoms with Gasteiger partial charge in [0.25, 0.3) is 11.4 Å². The van der Waals surface area contributed by atoms with Gasteiger partial charge in [0.15, 0.2) is 30.4 Å². The number of alkyl halides is 7. The van der Waals surface area contributed by atoms with E-state index in [4.69, 9.17) is 49.8 Å². The second-order valence-corrected chi connectivity index (χ2v) is 18.4. The quantitative estimate of drug-likeness (QED) is 0.0128. The van der Waals surface area contributed by atoms with Crippen LogP contribution in [0.1, 0.15) is 47.9 Å². The van der Waals surface area contributed by atoms with Crippen LogP contribution >= 0.6 is 11.6 Å². The summed E-state index contributed by atoms with van der Waals surface area (Å²) in [6.07, 6.45) is -3.02. The second kappa shape index (κ2) is 27.6. The number of halogens is 11. The third-order valence-electron chi connectivity index (χ3n) is 12.6. The number of pyridine rings is 4. The molecule has 1 amide bonds. The summed E-state index contributed by atoms with van der Waals surface area (Å²) in [5.74, 6) is -6.70. The number of rotatable bonds is 28. The Balaban J connectivity index is 1.33. The Bertz CT molecular complexity index is 3080. The zero-order valence-corrected chi connectivity index (χ0v) is 44.4. The van der Waals surface area contributed by atoms with Crippen LogP contribution < -0.4 is 33.1 Å². The van der Waals surface area contributed by atoms with Crippen molar-refractivity contribution in [3.05, 3.63) is 143 Å². The van der Waals surface area contributed by atoms with Crippen LogP contribution in [-0.2, 0) is 53.9 Å². The molecular weight excluding hydrogens is 1100 g/mol. The normalized spacial score (nSPS) is 14.0. The molecule has 0 radical (unpaired) electrons. The van der Waals surface area contributed by atoms with Crippen molar-refractivity contribution in [3.63, 3.8) is 0 Å². The zero-order valence-electron chi connectivity index (χ0n) is 43.7. The minimum Gasteiger partial charge on any atom is -0.491 e. The predicted octanol–water partition coefficient (Wildman–Crippen LogP) is 9.26. The molecule has 1 atom stereocenters. The maximum Gasteiger partial charge on any atom is 0.591 e. The number of aromatic nitrogens is 4. The van der Waals surface area contributed by atoms with Crippen molar-refractivity contribution in [2.24, 2.45) is 7.05 Å². The summed E-state index contributed by atoms with van der Waals surface area (Å²) in [7, 11) is 2.63. The van der Waals surface area contributed by atoms with Crippen LogP contribution in [-0.4, -0.2) is 91.7 Å². The molecular formula is C55H58ClF10N5O9+4. The van der Waals surface area contributed by atoms with Crippen LogP contribution in [0, 0.1) is 30.2 Å². The van der Waals surface area contributed by atoms with E-state index in [1.807, 2.05) is 0 Å². The predicted molar refractivity (Wildman–Crippen MR) is 265 cm³/mol. The van der Waals surface area contributed by atoms with E-state index < -0.39 is 75.3 Å². The van der Waals surface area contributed by atoms with E-state index in [0.717, 1.165) is 66.1 Å². The molecule has 0 aliphatic carbocycles. The summed E-state index contributed by atoms with van der Waals surface area (Å²) >= 11 is 5.70. The van der Waals surface area contributed by atoms with Crippen LogP contribution in [0.5, 0.6) is 11.5 Å². The van der Waals surface area contributed by atoms with E-state index in [1.165, 1.54) is 59.8 Å². The van der Waals surface area contributed by atoms with Gasteiger partial charge in [0.1, 0.15) is 91.5 Å². The van der Waals surface area contributed by atoms with Crippen LogP contribution in [0.4, 0.5) is 48.7 Å². The third-order valence-corrected chi connectivity index (χ3v) is 12.8. The van der Waals surface area contributed by atoms with Gasteiger partial charge in [-0.1, -0.05) is 26.5 Å². The standard InChI is InChI=1S/C55H57ClF10N5O9/c1-36-28-39(57)30-44(59)50(36)47-11-9-38(54(64,65)66)35-71(47)55(43-29-40(58)31-45(60)51(43)46-10-8-37(34-68(46)2)53(61,62)63)69-16-12-41(32-48(69)49-33-42(13-17-70(49)55)77-25-27-80-79-26-20-73-3)76-23-24-78-52(72)67-15-19-75-22-21-74-18-7-5-4-6-14-56/h8-13,16-17,28-35H,4-7,14-15,18-27H2,1-3H3/q+3/p+1. The topological polar surface area (TPSA) is 118 Å². The molecule has 6 aromatic rings. The molecule has 14 nitrogen and oxygen atoms in total. The van der Waals surface area contributed by atoms with Gasteiger partial charge in [-0.25, -0.2) is 36.7 Å². The third kappa shape index (κ3) is 14.6. The fourth-order valence-electron chi connectivity index (χ4n) is 9.08. The average Bonchev–Trinajstić information content (AvgIpc) is 3.78. The number of nitrogens with zero attached hydrogens (tertiary/aromatic N) is 4. The monoisotopic (exact) mass is 1160 g/mol. The Morgan fingerprint density at radius 1 is 0.588 bits per heavy atom. The van der Waals surface area contributed by atoms with Crippen molar-refractivity contribution >= 4 is 17.7 Å². The number of hydrogen-bond donors (Lipinski definition) is 1. The van der Waals surface area contributed by atoms with Crippen molar-refractivity contribution in [1.29, 1.82) is 0 Å². The van der Waals surface area contributed by atoms with Crippen molar-refractivity contribution in [1.82, 2.24) is 5.32 Å². The van der Waals surface area contributed by atoms with Crippen molar-refractivity contribution < 1.29 is 105 Å². The number of unbranched alkanes of at least 4 members (excludes halogenated alkanes) is 3. The van der Waals surface area contributed by atoms with Crippen molar-refractivity contribution in [2.45, 2.75) is 50.7 Å². The maximum atomic E-state index is 17.2. The van der Waals surface area contributed by atoms with E-state index in [9.17, 15) is 22.4 Å². The number of carbonyl (C=O) groups is 1. The van der Waals surface area contributed by atoms with E-state index >= 15 is 26.3 Å². The van der Waals surface area contributed by atoms with Crippen LogP contribution in [0.3, 0.4) is 0 Å². The number of fused-ring (bicyclic) bond motifs is 3. The highest BCUT2D eigenvalue weighted by Gasteiger charge is 2.72. The van der Waals surface area contributed by atoms with Gasteiger partial charge < -0.3 is 33.7 Å². The van der Waals surface area contributed by atoms with Gasteiger partial charge in [-0.3, -0.25) is 0 Å². The van der Waals surface area contributed by atoms with Gasteiger partial charge in [0.2, 0.25) is 11.4 Å². The summed E-state index contributed by atoms with van der Waals surface area (Å²) in [4.78, 5) is 22.8. The molecule has 0 spiro atoms. The molecule has 2 aromatic carbocycles. The number of hydrogen-bond acceptors (Lipinski definition) is 9. The number of amides is 1. The highest BCUT2D eigenvalue weighted by molar-refractivity contribution is 6.17. The lowest BCUT2D eigenvalue weighted by atomic mass is 9.93. The van der Waals surface area contributed by atoms with Crippen LogP contribution in [0.15, 0.2) is 97.6 Å². The molecule has 4 aromatic heterocycles. The van der Waals surface area contributed by atoms with E-state index in [0.29, 0.717) is 62.4 Å². The molecule has 7 rings (SSSR count). The fourth-order valence-corrected chi connectivity index (χ4v) is 9.27. The summed E-state index contributed by atoms with van der Waals surface area (Å²) in [6, 6.07) is 11.4. The second-order valence-electron chi connectivity index (χ2n) is 18.1. The van der Waals surface area contributed by atoms with Crippen LogP contribution in [0.25, 0.3) is 33.9 Å². The molecule has 25 heteroatoms. The number of benzene rings is 2. The lowest BCUT2D eigenvalue weighted by Crippen LogP contribution is -2.85. The molecule has 80 heavy (non-hydrogen) atoms. The maximum absolute atomic E-state index is 17.2. The van der Waals surface area contributed by atoms with Gasteiger partial charge in [0, 0.05) is 68.6 Å². The zero-order chi connectivity index (χ0) is 57.6. The Hall–Kier alpha value is -6.70. The van der Waals surface area contributed by atoms with Gasteiger partial charge >= 0.3 is 24.2 Å². The minimum atomic E-state index is -5.13. The Kier molecular flexibility index (Phi) is 21.1. The Morgan fingerprint density at radius 2 is 1.15 bits per heavy atom. The van der Waals surface area contributed by atoms with Crippen molar-refractivity contribution in [2.75, 3.05) is 85.6 Å². The van der Waals surface area contributed by atoms with Gasteiger partial charge in [-0.15, -0.1) is 11.6 Å². The fraction of sp³-hybridized carbons (Fsp3) is 0.400. The molecule has 0 fully saturated rings. The molecule has 1 aliphatic heterocycles. The highest BCUT2D eigenvalue weighted by atomic mass is 35.5. The average molecular weight is 1160 g/mol. The molecule has 1 unspecified atom stereocenters. The first-order valence-corrected chi connectivity index (χ1v) is 25.7. The highest BCUT2D eigenvalue weighted by Crippen LogP contribution is 2.40. The molecule has 0 bridgehead atoms. The molecule has 1 aliphatic rings. The Morgan fingerprint density at radius 3 is 1.75 bits per heavy atom. The van der Waals surface area contributed by atoms with E-state index in [1.54, 1.807) is 0 Å². The first-order chi connectivity index (χ1) is 38.3. The number of ether oxygens (including phenoxy) is 6. The first kappa shape index (κ1) is 60.9. The number of carbonyl (C=O) groups excluding carboxylic acids is 1.